The zero-order valence-electron chi connectivity index (χ0n) is 22.8. The van der Waals surface area contributed by atoms with Gasteiger partial charge in [-0.05, 0) is 48.8 Å². The number of phenols is 2. The second kappa shape index (κ2) is 7.57. The van der Waals surface area contributed by atoms with Gasteiger partial charge in [-0.25, -0.2) is 0 Å². The van der Waals surface area contributed by atoms with Crippen LogP contribution in [0.4, 0.5) is 5.69 Å². The van der Waals surface area contributed by atoms with Crippen LogP contribution in [0.1, 0.15) is 50.0 Å². The van der Waals surface area contributed by atoms with Gasteiger partial charge in [-0.1, -0.05) is 20.8 Å². The molecule has 5 aliphatic heterocycles. The van der Waals surface area contributed by atoms with Crippen LogP contribution in [0.15, 0.2) is 12.1 Å². The van der Waals surface area contributed by atoms with E-state index in [0.29, 0.717) is 39.7 Å². The Morgan fingerprint density at radius 3 is 2.62 bits per heavy atom. The van der Waals surface area contributed by atoms with Crippen molar-refractivity contribution in [2.75, 3.05) is 31.3 Å². The van der Waals surface area contributed by atoms with Crippen molar-refractivity contribution < 1.29 is 33.9 Å². The topological polar surface area (TPSA) is 102 Å². The first-order valence-corrected chi connectivity index (χ1v) is 14.8. The molecule has 3 aromatic rings. The highest BCUT2D eigenvalue weighted by molar-refractivity contribution is 8.00. The molecule has 0 radical (unpaired) electrons. The van der Waals surface area contributed by atoms with Crippen LogP contribution in [0.2, 0.25) is 0 Å². The quantitative estimate of drug-likeness (QED) is 0.220. The largest absolute Gasteiger partial charge is 0.507 e. The number of rotatable bonds is 4. The SMILES string of the molecule is CCS[C@@]12Oc3c(c(C)cc4c(O)c5cc6c(c(OC)c5c(O)c34)NCCC6)C3OC(C(C)C)(OC31)[C@]21CO1. The number of aromatic hydroxyl groups is 2. The lowest BCUT2D eigenvalue weighted by Gasteiger charge is -2.50. The molecule has 206 valence electrons. The first-order chi connectivity index (χ1) is 18.7. The molecule has 9 heteroatoms. The normalized spacial score (nSPS) is 33.4. The predicted molar refractivity (Wildman–Crippen MR) is 149 cm³/mol. The fraction of sp³-hybridized carbons (Fsp3) is 0.533. The average Bonchev–Trinajstić information content (AvgIpc) is 3.58. The lowest BCUT2D eigenvalue weighted by Crippen LogP contribution is -2.65. The Balaban J connectivity index is 1.47. The number of thioether (sulfide) groups is 1. The number of ether oxygens (including phenoxy) is 5. The van der Waals surface area contributed by atoms with Crippen molar-refractivity contribution in [3.63, 3.8) is 0 Å². The van der Waals surface area contributed by atoms with Crippen LogP contribution < -0.4 is 14.8 Å². The Kier molecular flexibility index (Phi) is 4.70. The van der Waals surface area contributed by atoms with Gasteiger partial charge in [-0.3, -0.25) is 0 Å². The highest BCUT2D eigenvalue weighted by atomic mass is 32.2. The summed E-state index contributed by atoms with van der Waals surface area (Å²) in [6.07, 6.45) is 1.11. The maximum absolute atomic E-state index is 12.0. The standard InChI is InChI=1S/C30H33NO7S/c1-6-39-30-27-26(36-29(38-27,13(2)3)28(30)12-35-28)18-14(4)10-16-19(24(18)37-30)23(33)20-17(22(16)32)11-15-8-7-9-31-21(15)25(20)34-5/h10-11,13,26-27,31-33H,6-9,12H2,1-5H3/t26?,27?,28-,29?,30+/m1/s1. The number of epoxide rings is 1. The molecule has 3 fully saturated rings. The van der Waals surface area contributed by atoms with Crippen LogP contribution >= 0.6 is 11.8 Å². The van der Waals surface area contributed by atoms with Crippen molar-refractivity contribution in [2.24, 2.45) is 5.92 Å². The first kappa shape index (κ1) is 24.2. The van der Waals surface area contributed by atoms with E-state index in [1.54, 1.807) is 18.9 Å². The molecule has 5 heterocycles. The second-order valence-electron chi connectivity index (χ2n) is 11.7. The van der Waals surface area contributed by atoms with Crippen LogP contribution in [0.25, 0.3) is 21.5 Å². The van der Waals surface area contributed by atoms with E-state index in [4.69, 9.17) is 23.7 Å². The number of methoxy groups -OCH3 is 1. The summed E-state index contributed by atoms with van der Waals surface area (Å²) in [6.45, 7) is 9.60. The van der Waals surface area contributed by atoms with Gasteiger partial charge in [0.2, 0.25) is 10.7 Å². The molecule has 0 aromatic heterocycles. The molecule has 3 saturated heterocycles. The van der Waals surface area contributed by atoms with Gasteiger partial charge in [0.15, 0.2) is 11.4 Å². The molecule has 1 spiro atoms. The fourth-order valence-electron chi connectivity index (χ4n) is 7.80. The third kappa shape index (κ3) is 2.55. The molecule has 8 nitrogen and oxygen atoms in total. The van der Waals surface area contributed by atoms with Gasteiger partial charge in [0, 0.05) is 28.8 Å². The Labute approximate surface area is 230 Å². The molecule has 0 saturated carbocycles. The molecule has 3 unspecified atom stereocenters. The van der Waals surface area contributed by atoms with E-state index in [1.165, 1.54) is 0 Å². The summed E-state index contributed by atoms with van der Waals surface area (Å²) in [7, 11) is 1.60. The van der Waals surface area contributed by atoms with E-state index >= 15 is 0 Å². The van der Waals surface area contributed by atoms with E-state index in [9.17, 15) is 10.2 Å². The molecule has 2 bridgehead atoms. The minimum Gasteiger partial charge on any atom is -0.507 e. The lowest BCUT2D eigenvalue weighted by atomic mass is 9.78. The van der Waals surface area contributed by atoms with Crippen molar-refractivity contribution in [3.8, 4) is 23.0 Å². The molecular weight excluding hydrogens is 518 g/mol. The van der Waals surface area contributed by atoms with Gasteiger partial charge in [0.1, 0.15) is 29.5 Å². The summed E-state index contributed by atoms with van der Waals surface area (Å²) < 4.78 is 32.8. The number of hydrogen-bond acceptors (Lipinski definition) is 9. The molecule has 5 atom stereocenters. The number of nitrogens with one attached hydrogen (secondary N) is 1. The highest BCUT2D eigenvalue weighted by Gasteiger charge is 2.90. The molecule has 5 aliphatic rings. The van der Waals surface area contributed by atoms with Crippen molar-refractivity contribution in [3.05, 3.63) is 28.8 Å². The Bertz CT molecular complexity index is 1600. The molecule has 8 rings (SSSR count). The smallest absolute Gasteiger partial charge is 0.220 e. The van der Waals surface area contributed by atoms with E-state index in [0.717, 1.165) is 47.5 Å². The number of benzene rings is 3. The summed E-state index contributed by atoms with van der Waals surface area (Å²) in [5.74, 6) is 1.10. The molecule has 3 N–H and O–H groups in total. The number of anilines is 1. The Morgan fingerprint density at radius 1 is 1.15 bits per heavy atom. The van der Waals surface area contributed by atoms with Crippen LogP contribution in [-0.4, -0.2) is 58.7 Å². The molecule has 0 amide bonds. The summed E-state index contributed by atoms with van der Waals surface area (Å²) in [5, 5.41) is 29.2. The van der Waals surface area contributed by atoms with Gasteiger partial charge in [0.05, 0.1) is 30.2 Å². The van der Waals surface area contributed by atoms with Gasteiger partial charge < -0.3 is 39.2 Å². The first-order valence-electron chi connectivity index (χ1n) is 13.9. The maximum atomic E-state index is 12.0. The minimum absolute atomic E-state index is 0.0234. The zero-order chi connectivity index (χ0) is 27.1. The summed E-state index contributed by atoms with van der Waals surface area (Å²) in [5.41, 5.74) is 2.94. The number of fused-ring (bicyclic) bond motifs is 9. The van der Waals surface area contributed by atoms with E-state index < -0.39 is 22.4 Å². The van der Waals surface area contributed by atoms with Crippen molar-refractivity contribution in [1.82, 2.24) is 0 Å². The van der Waals surface area contributed by atoms with Crippen LogP contribution in [0.5, 0.6) is 23.0 Å². The minimum atomic E-state index is -0.912. The molecule has 0 aliphatic carbocycles. The second-order valence-corrected chi connectivity index (χ2v) is 13.1. The zero-order valence-corrected chi connectivity index (χ0v) is 23.6. The molecule has 3 aromatic carbocycles. The predicted octanol–water partition coefficient (Wildman–Crippen LogP) is 5.51. The third-order valence-corrected chi connectivity index (χ3v) is 10.8. The van der Waals surface area contributed by atoms with Crippen LogP contribution in [0.3, 0.4) is 0 Å². The number of phenolic OH excluding ortho intramolecular Hbond substituents is 2. The van der Waals surface area contributed by atoms with E-state index in [2.05, 4.69) is 26.1 Å². The average molecular weight is 552 g/mol. The summed E-state index contributed by atoms with van der Waals surface area (Å²) >= 11 is 1.68. The summed E-state index contributed by atoms with van der Waals surface area (Å²) in [6, 6.07) is 3.90. The van der Waals surface area contributed by atoms with Gasteiger partial charge in [-0.2, -0.15) is 0 Å². The number of aryl methyl sites for hydroxylation is 2. The summed E-state index contributed by atoms with van der Waals surface area (Å²) in [4.78, 5) is -0.846. The van der Waals surface area contributed by atoms with Crippen LogP contribution in [0, 0.1) is 12.8 Å². The maximum Gasteiger partial charge on any atom is 0.220 e. The Hall–Kier alpha value is -2.59. The molecular formula is C30H33NO7S. The van der Waals surface area contributed by atoms with Gasteiger partial charge in [0.25, 0.3) is 0 Å². The molecule has 39 heavy (non-hydrogen) atoms. The van der Waals surface area contributed by atoms with Gasteiger partial charge >= 0.3 is 0 Å². The van der Waals surface area contributed by atoms with E-state index in [1.807, 2.05) is 19.1 Å². The third-order valence-electron chi connectivity index (χ3n) is 9.47. The highest BCUT2D eigenvalue weighted by Crippen LogP contribution is 2.74. The van der Waals surface area contributed by atoms with Crippen molar-refractivity contribution >= 4 is 39.0 Å². The number of hydrogen-bond donors (Lipinski definition) is 3. The fourth-order valence-corrected chi connectivity index (χ4v) is 9.20. The van der Waals surface area contributed by atoms with Gasteiger partial charge in [-0.15, -0.1) is 11.8 Å². The monoisotopic (exact) mass is 551 g/mol. The van der Waals surface area contributed by atoms with Crippen molar-refractivity contribution in [2.45, 2.75) is 69.1 Å². The van der Waals surface area contributed by atoms with E-state index in [-0.39, 0.29) is 23.5 Å². The lowest BCUT2D eigenvalue weighted by molar-refractivity contribution is -0.235. The Morgan fingerprint density at radius 2 is 1.92 bits per heavy atom. The van der Waals surface area contributed by atoms with Crippen LogP contribution in [-0.2, 0) is 20.6 Å². The van der Waals surface area contributed by atoms with Crippen molar-refractivity contribution in [1.29, 1.82) is 0 Å².